The van der Waals surface area contributed by atoms with E-state index in [9.17, 15) is 9.90 Å². The van der Waals surface area contributed by atoms with Crippen molar-refractivity contribution >= 4 is 22.5 Å². The van der Waals surface area contributed by atoms with Crippen LogP contribution in [0.2, 0.25) is 0 Å². The molecule has 0 aliphatic rings. The lowest BCUT2D eigenvalue weighted by atomic mass is 9.95. The molecule has 0 spiro atoms. The third kappa shape index (κ3) is 4.35. The summed E-state index contributed by atoms with van der Waals surface area (Å²) in [5, 5.41) is 12.2. The van der Waals surface area contributed by atoms with E-state index >= 15 is 0 Å². The molecule has 5 nitrogen and oxygen atoms in total. The van der Waals surface area contributed by atoms with Gasteiger partial charge in [-0.15, -0.1) is 0 Å². The van der Waals surface area contributed by atoms with Crippen LogP contribution in [0.4, 0.5) is 0 Å². The highest BCUT2D eigenvalue weighted by molar-refractivity contribution is 6.09. The maximum Gasteiger partial charge on any atom is 0.342 e. The predicted octanol–water partition coefficient (Wildman–Crippen LogP) is 5.30. The molecule has 0 radical (unpaired) electrons. The second-order valence-corrected chi connectivity index (χ2v) is 6.27. The van der Waals surface area contributed by atoms with Gasteiger partial charge < -0.3 is 19.3 Å². The smallest absolute Gasteiger partial charge is 0.342 e. The Hall–Kier alpha value is -2.69. The van der Waals surface area contributed by atoms with Crippen LogP contribution in [0.1, 0.15) is 57.0 Å². The van der Waals surface area contributed by atoms with Gasteiger partial charge in [0.05, 0.1) is 24.9 Å². The summed E-state index contributed by atoms with van der Waals surface area (Å²) in [5.41, 5.74) is 0.501. The Labute approximate surface area is 160 Å². The largest absolute Gasteiger partial charge is 0.506 e. The van der Waals surface area contributed by atoms with Crippen LogP contribution in [0.15, 0.2) is 30.3 Å². The summed E-state index contributed by atoms with van der Waals surface area (Å²) >= 11 is 0. The van der Waals surface area contributed by atoms with Crippen molar-refractivity contribution in [2.45, 2.75) is 47.1 Å². The Morgan fingerprint density at radius 3 is 2.22 bits per heavy atom. The van der Waals surface area contributed by atoms with E-state index in [-0.39, 0.29) is 24.0 Å². The Kier molecular flexibility index (Phi) is 7.11. The maximum atomic E-state index is 12.8. The van der Waals surface area contributed by atoms with Gasteiger partial charge in [0.2, 0.25) is 0 Å². The van der Waals surface area contributed by atoms with E-state index in [4.69, 9.17) is 14.2 Å². The molecule has 0 saturated heterocycles. The van der Waals surface area contributed by atoms with Crippen LogP contribution >= 0.6 is 0 Å². The molecule has 0 bridgehead atoms. The quantitative estimate of drug-likeness (QED) is 0.503. The summed E-state index contributed by atoms with van der Waals surface area (Å²) in [7, 11) is 0. The lowest BCUT2D eigenvalue weighted by Gasteiger charge is -2.22. The molecule has 0 aliphatic heterocycles. The molecule has 2 rings (SSSR count). The Morgan fingerprint density at radius 2 is 1.67 bits per heavy atom. The van der Waals surface area contributed by atoms with Gasteiger partial charge in [-0.25, -0.2) is 4.79 Å². The van der Waals surface area contributed by atoms with Crippen LogP contribution in [-0.4, -0.2) is 30.4 Å². The number of esters is 1. The molecule has 0 aromatic heterocycles. The second kappa shape index (κ2) is 9.31. The Morgan fingerprint density at radius 1 is 1.04 bits per heavy atom. The number of phenols is 1. The fraction of sp³-hybridized carbons (Fsp3) is 0.409. The Bertz CT molecular complexity index is 836. The first-order valence-electron chi connectivity index (χ1n) is 9.40. The topological polar surface area (TPSA) is 65.0 Å². The Balaban J connectivity index is 2.97. The molecule has 0 fully saturated rings. The van der Waals surface area contributed by atoms with E-state index in [1.807, 2.05) is 45.9 Å². The summed E-state index contributed by atoms with van der Waals surface area (Å²) in [6, 6.07) is 7.29. The van der Waals surface area contributed by atoms with Gasteiger partial charge >= 0.3 is 5.97 Å². The molecule has 0 saturated carbocycles. The van der Waals surface area contributed by atoms with Crippen LogP contribution in [-0.2, 0) is 9.47 Å². The van der Waals surface area contributed by atoms with E-state index in [0.717, 1.165) is 0 Å². The van der Waals surface area contributed by atoms with Gasteiger partial charge in [-0.1, -0.05) is 31.2 Å². The molecule has 0 unspecified atom stereocenters. The number of fused-ring (bicyclic) bond motifs is 1. The van der Waals surface area contributed by atoms with Crippen molar-refractivity contribution < 1.29 is 24.1 Å². The third-order valence-corrected chi connectivity index (χ3v) is 3.91. The molecule has 0 heterocycles. The molecular weight excluding hydrogens is 344 g/mol. The van der Waals surface area contributed by atoms with Crippen molar-refractivity contribution in [3.05, 3.63) is 41.5 Å². The number of hydrogen-bond donors (Lipinski definition) is 1. The number of allylic oxidation sites excluding steroid dienone is 1. The van der Waals surface area contributed by atoms with Gasteiger partial charge in [0, 0.05) is 10.8 Å². The van der Waals surface area contributed by atoms with Crippen molar-refractivity contribution in [2.24, 2.45) is 0 Å². The number of benzene rings is 2. The second-order valence-electron chi connectivity index (χ2n) is 6.27. The minimum Gasteiger partial charge on any atom is -0.506 e. The zero-order chi connectivity index (χ0) is 20.0. The standard InChI is InChI=1S/C22H28O5/c1-6-11-17(25-7-2)18-19(22(24)26-8-3)20(23)15-12-9-10-13-16(15)21(18)27-14(4)5/h9-14,23H,6-8H2,1-5H3. The summed E-state index contributed by atoms with van der Waals surface area (Å²) in [6.07, 6.45) is 2.45. The highest BCUT2D eigenvalue weighted by Gasteiger charge is 2.29. The van der Waals surface area contributed by atoms with E-state index in [1.165, 1.54) is 0 Å². The molecule has 0 atom stereocenters. The zero-order valence-corrected chi connectivity index (χ0v) is 16.7. The first kappa shape index (κ1) is 20.6. The highest BCUT2D eigenvalue weighted by atomic mass is 16.5. The minimum absolute atomic E-state index is 0.0688. The number of carbonyl (C=O) groups is 1. The SMILES string of the molecule is CCC=C(OCC)c1c(C(=O)OCC)c(O)c2ccccc2c1OC(C)C. The number of rotatable bonds is 8. The van der Waals surface area contributed by atoms with Gasteiger partial charge in [0.1, 0.15) is 22.8 Å². The van der Waals surface area contributed by atoms with Gasteiger partial charge in [-0.05, 0) is 40.2 Å². The normalized spacial score (nSPS) is 11.7. The lowest BCUT2D eigenvalue weighted by molar-refractivity contribution is 0.0521. The lowest BCUT2D eigenvalue weighted by Crippen LogP contribution is -2.14. The summed E-state index contributed by atoms with van der Waals surface area (Å²) in [5.74, 6) is 0.275. The summed E-state index contributed by atoms with van der Waals surface area (Å²) < 4.78 is 17.2. The fourth-order valence-corrected chi connectivity index (χ4v) is 2.96. The average molecular weight is 372 g/mol. The van der Waals surface area contributed by atoms with Crippen molar-refractivity contribution in [1.82, 2.24) is 0 Å². The number of phenolic OH excluding ortho intramolecular Hbond substituents is 1. The predicted molar refractivity (Wildman–Crippen MR) is 107 cm³/mol. The molecule has 0 aliphatic carbocycles. The van der Waals surface area contributed by atoms with Crippen molar-refractivity contribution in [2.75, 3.05) is 13.2 Å². The van der Waals surface area contributed by atoms with Crippen molar-refractivity contribution in [3.8, 4) is 11.5 Å². The van der Waals surface area contributed by atoms with Crippen molar-refractivity contribution in [3.63, 3.8) is 0 Å². The molecule has 1 N–H and O–H groups in total. The van der Waals surface area contributed by atoms with Crippen LogP contribution < -0.4 is 4.74 Å². The molecular formula is C22H28O5. The van der Waals surface area contributed by atoms with E-state index < -0.39 is 5.97 Å². The number of carbonyl (C=O) groups excluding carboxylic acids is 1. The number of ether oxygens (including phenoxy) is 3. The van der Waals surface area contributed by atoms with E-state index in [1.54, 1.807) is 19.1 Å². The molecule has 146 valence electrons. The number of aromatic hydroxyl groups is 1. The monoisotopic (exact) mass is 372 g/mol. The molecule has 2 aromatic carbocycles. The van der Waals surface area contributed by atoms with Gasteiger partial charge in [-0.3, -0.25) is 0 Å². The number of hydrogen-bond acceptors (Lipinski definition) is 5. The molecule has 27 heavy (non-hydrogen) atoms. The van der Waals surface area contributed by atoms with Crippen LogP contribution in [0.25, 0.3) is 16.5 Å². The van der Waals surface area contributed by atoms with E-state index in [0.29, 0.717) is 40.9 Å². The fourth-order valence-electron chi connectivity index (χ4n) is 2.96. The first-order valence-corrected chi connectivity index (χ1v) is 9.40. The van der Waals surface area contributed by atoms with E-state index in [2.05, 4.69) is 0 Å². The molecule has 5 heteroatoms. The average Bonchev–Trinajstić information content (AvgIpc) is 2.63. The van der Waals surface area contributed by atoms with Gasteiger partial charge in [-0.2, -0.15) is 0 Å². The maximum absolute atomic E-state index is 12.8. The summed E-state index contributed by atoms with van der Waals surface area (Å²) in [4.78, 5) is 12.8. The van der Waals surface area contributed by atoms with Crippen LogP contribution in [0.3, 0.4) is 0 Å². The van der Waals surface area contributed by atoms with Crippen molar-refractivity contribution in [1.29, 1.82) is 0 Å². The highest BCUT2D eigenvalue weighted by Crippen LogP contribution is 2.44. The van der Waals surface area contributed by atoms with Gasteiger partial charge in [0.15, 0.2) is 0 Å². The van der Waals surface area contributed by atoms with Gasteiger partial charge in [0.25, 0.3) is 0 Å². The third-order valence-electron chi connectivity index (χ3n) is 3.91. The molecule has 0 amide bonds. The summed E-state index contributed by atoms with van der Waals surface area (Å²) in [6.45, 7) is 10.0. The first-order chi connectivity index (χ1) is 13.0. The minimum atomic E-state index is -0.605. The van der Waals surface area contributed by atoms with Crippen LogP contribution in [0.5, 0.6) is 11.5 Å². The molecule has 2 aromatic rings. The van der Waals surface area contributed by atoms with Crippen LogP contribution in [0, 0.1) is 0 Å². The zero-order valence-electron chi connectivity index (χ0n) is 16.7.